The summed E-state index contributed by atoms with van der Waals surface area (Å²) in [5, 5.41) is 15.7. The van der Waals surface area contributed by atoms with Crippen LogP contribution in [0.1, 0.15) is 25.5 Å². The summed E-state index contributed by atoms with van der Waals surface area (Å²) in [4.78, 5) is 10.6. The summed E-state index contributed by atoms with van der Waals surface area (Å²) in [6.45, 7) is 3.53. The summed E-state index contributed by atoms with van der Waals surface area (Å²) in [7, 11) is 1.83. The van der Waals surface area contributed by atoms with Gasteiger partial charge in [-0.05, 0) is 13.8 Å². The van der Waals surface area contributed by atoms with Crippen molar-refractivity contribution >= 4 is 5.97 Å². The highest BCUT2D eigenvalue weighted by Gasteiger charge is 2.15. The van der Waals surface area contributed by atoms with Crippen LogP contribution in [0.3, 0.4) is 0 Å². The second-order valence-corrected chi connectivity index (χ2v) is 3.40. The summed E-state index contributed by atoms with van der Waals surface area (Å²) in [6, 6.07) is -0.556. The first kappa shape index (κ1) is 10.7. The van der Waals surface area contributed by atoms with Gasteiger partial charge >= 0.3 is 5.97 Å². The molecule has 0 spiro atoms. The second kappa shape index (κ2) is 4.23. The third-order valence-electron chi connectivity index (χ3n) is 2.10. The first-order chi connectivity index (χ1) is 6.50. The number of carboxylic acids is 1. The summed E-state index contributed by atoms with van der Waals surface area (Å²) in [5.41, 5.74) is 0.987. The lowest BCUT2D eigenvalue weighted by Crippen LogP contribution is -2.35. The van der Waals surface area contributed by atoms with Gasteiger partial charge in [-0.2, -0.15) is 5.10 Å². The topological polar surface area (TPSA) is 67.2 Å². The van der Waals surface area contributed by atoms with Crippen molar-refractivity contribution in [1.82, 2.24) is 15.1 Å². The lowest BCUT2D eigenvalue weighted by molar-refractivity contribution is -0.139. The number of carbonyl (C=O) groups is 1. The summed E-state index contributed by atoms with van der Waals surface area (Å²) < 4.78 is 1.69. The smallest absolute Gasteiger partial charge is 0.320 e. The number of carboxylic acid groups (broad SMARTS) is 1. The highest BCUT2D eigenvalue weighted by molar-refractivity contribution is 5.72. The van der Waals surface area contributed by atoms with Crippen LogP contribution in [-0.4, -0.2) is 26.9 Å². The Hall–Kier alpha value is -1.36. The fraction of sp³-hybridized carbons (Fsp3) is 0.556. The summed E-state index contributed by atoms with van der Waals surface area (Å²) in [6.07, 6.45) is 3.60. The van der Waals surface area contributed by atoms with E-state index >= 15 is 0 Å². The monoisotopic (exact) mass is 197 g/mol. The Morgan fingerprint density at radius 1 is 1.64 bits per heavy atom. The molecule has 0 saturated carbocycles. The predicted octanol–water partition coefficient (Wildman–Crippen LogP) is 0.544. The normalized spacial score (nSPS) is 15.1. The van der Waals surface area contributed by atoms with Gasteiger partial charge in [0.2, 0.25) is 0 Å². The van der Waals surface area contributed by atoms with Crippen molar-refractivity contribution in [2.45, 2.75) is 25.9 Å². The Morgan fingerprint density at radius 3 is 2.71 bits per heavy atom. The first-order valence-corrected chi connectivity index (χ1v) is 4.48. The van der Waals surface area contributed by atoms with Crippen molar-refractivity contribution < 1.29 is 9.90 Å². The largest absolute Gasteiger partial charge is 0.480 e. The summed E-state index contributed by atoms with van der Waals surface area (Å²) >= 11 is 0. The number of nitrogens with zero attached hydrogens (tertiary/aromatic N) is 2. The summed E-state index contributed by atoms with van der Waals surface area (Å²) in [5.74, 6) is -0.847. The molecule has 5 heteroatoms. The number of nitrogens with one attached hydrogen (secondary N) is 1. The van der Waals surface area contributed by atoms with Crippen molar-refractivity contribution in [2.75, 3.05) is 0 Å². The van der Waals surface area contributed by atoms with Crippen LogP contribution < -0.4 is 5.32 Å². The standard InChI is InChI=1S/C9H15N3O2/c1-6(11-7(2)9(13)14)8-4-10-12(3)5-8/h4-7,11H,1-3H3,(H,13,14). The van der Waals surface area contributed by atoms with Crippen LogP contribution in [0, 0.1) is 0 Å². The molecule has 1 aromatic heterocycles. The van der Waals surface area contributed by atoms with Crippen LogP contribution in [-0.2, 0) is 11.8 Å². The number of rotatable bonds is 4. The van der Waals surface area contributed by atoms with Gasteiger partial charge in [-0.3, -0.25) is 14.8 Å². The Bertz CT molecular complexity index is 322. The van der Waals surface area contributed by atoms with E-state index in [1.807, 2.05) is 20.2 Å². The molecule has 0 aliphatic carbocycles. The number of hydrogen-bond donors (Lipinski definition) is 2. The van der Waals surface area contributed by atoms with E-state index < -0.39 is 12.0 Å². The average Bonchev–Trinajstić information content (AvgIpc) is 2.51. The zero-order valence-corrected chi connectivity index (χ0v) is 8.56. The van der Waals surface area contributed by atoms with Gasteiger partial charge in [-0.15, -0.1) is 0 Å². The molecule has 0 radical (unpaired) electrons. The third kappa shape index (κ3) is 2.56. The minimum Gasteiger partial charge on any atom is -0.480 e. The fourth-order valence-corrected chi connectivity index (χ4v) is 1.21. The zero-order valence-electron chi connectivity index (χ0n) is 8.56. The number of aliphatic carboxylic acids is 1. The van der Waals surface area contributed by atoms with Crippen LogP contribution >= 0.6 is 0 Å². The van der Waals surface area contributed by atoms with Crippen LogP contribution in [0.4, 0.5) is 0 Å². The first-order valence-electron chi connectivity index (χ1n) is 4.48. The van der Waals surface area contributed by atoms with E-state index in [4.69, 9.17) is 5.11 Å². The minimum atomic E-state index is -0.847. The van der Waals surface area contributed by atoms with E-state index in [2.05, 4.69) is 10.4 Å². The van der Waals surface area contributed by atoms with Gasteiger partial charge in [-0.1, -0.05) is 0 Å². The highest BCUT2D eigenvalue weighted by atomic mass is 16.4. The maximum absolute atomic E-state index is 10.6. The molecule has 0 bridgehead atoms. The highest BCUT2D eigenvalue weighted by Crippen LogP contribution is 2.10. The molecule has 0 aliphatic heterocycles. The quantitative estimate of drug-likeness (QED) is 0.739. The molecule has 0 saturated heterocycles. The van der Waals surface area contributed by atoms with E-state index in [0.29, 0.717) is 0 Å². The Labute approximate surface area is 82.7 Å². The number of aromatic nitrogens is 2. The molecule has 78 valence electrons. The molecule has 0 amide bonds. The maximum Gasteiger partial charge on any atom is 0.320 e. The predicted molar refractivity (Wildman–Crippen MR) is 51.9 cm³/mol. The Morgan fingerprint density at radius 2 is 2.29 bits per heavy atom. The van der Waals surface area contributed by atoms with Gasteiger partial charge in [0.15, 0.2) is 0 Å². The molecular formula is C9H15N3O2. The zero-order chi connectivity index (χ0) is 10.7. The molecule has 0 fully saturated rings. The fourth-order valence-electron chi connectivity index (χ4n) is 1.21. The van der Waals surface area contributed by atoms with Crippen molar-refractivity contribution in [1.29, 1.82) is 0 Å². The number of hydrogen-bond acceptors (Lipinski definition) is 3. The van der Waals surface area contributed by atoms with E-state index in [-0.39, 0.29) is 6.04 Å². The SMILES string of the molecule is CC(NC(C)c1cnn(C)c1)C(=O)O. The van der Waals surface area contributed by atoms with Gasteiger partial charge in [0.25, 0.3) is 0 Å². The van der Waals surface area contributed by atoms with Gasteiger partial charge in [-0.25, -0.2) is 0 Å². The number of aryl methyl sites for hydroxylation is 1. The third-order valence-corrected chi connectivity index (χ3v) is 2.10. The average molecular weight is 197 g/mol. The Balaban J connectivity index is 2.58. The minimum absolute atomic E-state index is 0.00481. The lowest BCUT2D eigenvalue weighted by Gasteiger charge is -2.15. The van der Waals surface area contributed by atoms with Crippen LogP contribution in [0.2, 0.25) is 0 Å². The van der Waals surface area contributed by atoms with E-state index in [9.17, 15) is 4.79 Å². The maximum atomic E-state index is 10.6. The molecule has 1 aromatic rings. The molecule has 2 atom stereocenters. The van der Waals surface area contributed by atoms with E-state index in [0.717, 1.165) is 5.56 Å². The molecular weight excluding hydrogens is 182 g/mol. The van der Waals surface area contributed by atoms with Crippen LogP contribution in [0.5, 0.6) is 0 Å². The molecule has 5 nitrogen and oxygen atoms in total. The molecule has 14 heavy (non-hydrogen) atoms. The van der Waals surface area contributed by atoms with Crippen molar-refractivity contribution in [3.8, 4) is 0 Å². The van der Waals surface area contributed by atoms with Gasteiger partial charge in [0.05, 0.1) is 6.20 Å². The molecule has 0 aliphatic rings. The van der Waals surface area contributed by atoms with Gasteiger partial charge in [0, 0.05) is 24.8 Å². The molecule has 2 N–H and O–H groups in total. The molecule has 2 unspecified atom stereocenters. The molecule has 0 aromatic carbocycles. The van der Waals surface area contributed by atoms with Crippen LogP contribution in [0.25, 0.3) is 0 Å². The van der Waals surface area contributed by atoms with Crippen molar-refractivity contribution in [2.24, 2.45) is 7.05 Å². The van der Waals surface area contributed by atoms with Crippen molar-refractivity contribution in [3.63, 3.8) is 0 Å². The lowest BCUT2D eigenvalue weighted by atomic mass is 10.1. The van der Waals surface area contributed by atoms with Crippen molar-refractivity contribution in [3.05, 3.63) is 18.0 Å². The molecule has 1 rings (SSSR count). The van der Waals surface area contributed by atoms with Gasteiger partial charge in [0.1, 0.15) is 6.04 Å². The second-order valence-electron chi connectivity index (χ2n) is 3.40. The van der Waals surface area contributed by atoms with E-state index in [1.165, 1.54) is 0 Å². The van der Waals surface area contributed by atoms with Gasteiger partial charge < -0.3 is 5.11 Å². The van der Waals surface area contributed by atoms with E-state index in [1.54, 1.807) is 17.8 Å². The molecule has 1 heterocycles. The van der Waals surface area contributed by atoms with Crippen LogP contribution in [0.15, 0.2) is 12.4 Å². The Kier molecular flexibility index (Phi) is 3.24.